The third-order valence-electron chi connectivity index (χ3n) is 4.92. The largest absolute Gasteiger partial charge is 0.340 e. The molecule has 1 heteroatoms. The van der Waals surface area contributed by atoms with Crippen molar-refractivity contribution in [2.24, 2.45) is 0 Å². The van der Waals surface area contributed by atoms with E-state index >= 15 is 0 Å². The lowest BCUT2D eigenvalue weighted by atomic mass is 9.99. The van der Waals surface area contributed by atoms with Crippen LogP contribution in [0.3, 0.4) is 0 Å². The highest BCUT2D eigenvalue weighted by atomic mass is 15.0. The van der Waals surface area contributed by atoms with E-state index < -0.39 is 0 Å². The summed E-state index contributed by atoms with van der Waals surface area (Å²) in [4.78, 5) is 0. The molecule has 2 heterocycles. The Morgan fingerprint density at radius 2 is 1.43 bits per heavy atom. The van der Waals surface area contributed by atoms with Crippen molar-refractivity contribution in [3.05, 3.63) is 84.4 Å². The fourth-order valence-electron chi connectivity index (χ4n) is 3.76. The highest BCUT2D eigenvalue weighted by Crippen LogP contribution is 2.35. The monoisotopic (exact) mass is 295 g/mol. The van der Waals surface area contributed by atoms with E-state index in [9.17, 15) is 0 Å². The summed E-state index contributed by atoms with van der Waals surface area (Å²) in [6.07, 6.45) is 1.11. The van der Waals surface area contributed by atoms with E-state index in [1.807, 2.05) is 0 Å². The van der Waals surface area contributed by atoms with Gasteiger partial charge in [-0.3, -0.25) is 0 Å². The van der Waals surface area contributed by atoms with Crippen LogP contribution in [-0.4, -0.2) is 4.57 Å². The summed E-state index contributed by atoms with van der Waals surface area (Å²) in [5.74, 6) is 0. The zero-order chi connectivity index (χ0) is 15.2. The first-order valence-corrected chi connectivity index (χ1v) is 8.17. The molecule has 1 aliphatic rings. The molecule has 0 aliphatic carbocycles. The molecule has 0 saturated carbocycles. The van der Waals surface area contributed by atoms with Crippen molar-refractivity contribution < 1.29 is 0 Å². The Morgan fingerprint density at radius 3 is 2.39 bits per heavy atom. The van der Waals surface area contributed by atoms with Crippen molar-refractivity contribution >= 4 is 10.8 Å². The van der Waals surface area contributed by atoms with Gasteiger partial charge in [-0.1, -0.05) is 60.7 Å². The summed E-state index contributed by atoms with van der Waals surface area (Å²) >= 11 is 0. The number of aromatic nitrogens is 1. The number of benzene rings is 3. The Balaban J connectivity index is 1.69. The zero-order valence-electron chi connectivity index (χ0n) is 12.9. The highest BCUT2D eigenvalue weighted by molar-refractivity contribution is 5.87. The average Bonchev–Trinajstić information content (AvgIpc) is 3.06. The molecule has 0 saturated heterocycles. The molecule has 23 heavy (non-hydrogen) atoms. The van der Waals surface area contributed by atoms with Gasteiger partial charge in [-0.25, -0.2) is 0 Å². The molecule has 5 rings (SSSR count). The number of rotatable bonds is 1. The topological polar surface area (TPSA) is 4.93 Å². The molecule has 0 atom stereocenters. The van der Waals surface area contributed by atoms with Crippen LogP contribution in [-0.2, 0) is 13.0 Å². The summed E-state index contributed by atoms with van der Waals surface area (Å²) in [5, 5.41) is 2.60. The standard InChI is InChI=1S/C22H17N/c1-2-7-18-15-19(10-9-16(18)5-1)21-11-12-22-20-8-4-3-6-17(20)13-14-23(21)22/h1-12,15H,13-14H2. The Bertz CT molecular complexity index is 1020. The van der Waals surface area contributed by atoms with Crippen molar-refractivity contribution in [2.75, 3.05) is 0 Å². The van der Waals surface area contributed by atoms with E-state index in [1.165, 1.54) is 38.9 Å². The van der Waals surface area contributed by atoms with Gasteiger partial charge in [0.05, 0.1) is 0 Å². The van der Waals surface area contributed by atoms with Gasteiger partial charge >= 0.3 is 0 Å². The molecule has 0 bridgehead atoms. The maximum atomic E-state index is 2.46. The summed E-state index contributed by atoms with van der Waals surface area (Å²) in [7, 11) is 0. The second kappa shape index (κ2) is 4.85. The van der Waals surface area contributed by atoms with Gasteiger partial charge in [0.2, 0.25) is 0 Å². The molecule has 0 radical (unpaired) electrons. The molecule has 0 N–H and O–H groups in total. The molecular formula is C22H17N. The van der Waals surface area contributed by atoms with Gasteiger partial charge in [0, 0.05) is 23.5 Å². The molecule has 0 fully saturated rings. The number of nitrogens with zero attached hydrogens (tertiary/aromatic N) is 1. The van der Waals surface area contributed by atoms with Gasteiger partial charge in [-0.15, -0.1) is 0 Å². The summed E-state index contributed by atoms with van der Waals surface area (Å²) in [6.45, 7) is 1.06. The van der Waals surface area contributed by atoms with Crippen LogP contribution >= 0.6 is 0 Å². The van der Waals surface area contributed by atoms with E-state index in [0.29, 0.717) is 0 Å². The quantitative estimate of drug-likeness (QED) is 0.435. The third kappa shape index (κ3) is 1.93. The SMILES string of the molecule is c1ccc2c(c1)CCn1c(-c3ccc4ccccc4c3)ccc1-2. The van der Waals surface area contributed by atoms with E-state index in [4.69, 9.17) is 0 Å². The van der Waals surface area contributed by atoms with E-state index in [-0.39, 0.29) is 0 Å². The number of fused-ring (bicyclic) bond motifs is 4. The maximum Gasteiger partial charge on any atom is 0.0488 e. The Kier molecular flexibility index (Phi) is 2.68. The molecule has 0 unspecified atom stereocenters. The zero-order valence-corrected chi connectivity index (χ0v) is 12.9. The van der Waals surface area contributed by atoms with Gasteiger partial charge in [-0.2, -0.15) is 0 Å². The van der Waals surface area contributed by atoms with Crippen molar-refractivity contribution in [1.29, 1.82) is 0 Å². The van der Waals surface area contributed by atoms with Gasteiger partial charge in [0.25, 0.3) is 0 Å². The minimum atomic E-state index is 1.06. The predicted molar refractivity (Wildman–Crippen MR) is 96.5 cm³/mol. The van der Waals surface area contributed by atoms with Gasteiger partial charge in [0.15, 0.2) is 0 Å². The second-order valence-electron chi connectivity index (χ2n) is 6.22. The van der Waals surface area contributed by atoms with Gasteiger partial charge < -0.3 is 4.57 Å². The van der Waals surface area contributed by atoms with E-state index in [0.717, 1.165) is 13.0 Å². The fraction of sp³-hybridized carbons (Fsp3) is 0.0909. The van der Waals surface area contributed by atoms with Gasteiger partial charge in [0.1, 0.15) is 0 Å². The number of aryl methyl sites for hydroxylation is 1. The minimum absolute atomic E-state index is 1.06. The third-order valence-corrected chi connectivity index (χ3v) is 4.92. The van der Waals surface area contributed by atoms with Crippen LogP contribution < -0.4 is 0 Å². The molecule has 1 aliphatic heterocycles. The Morgan fingerprint density at radius 1 is 0.652 bits per heavy atom. The maximum absolute atomic E-state index is 2.46. The minimum Gasteiger partial charge on any atom is -0.340 e. The molecule has 110 valence electrons. The molecule has 0 spiro atoms. The lowest BCUT2D eigenvalue weighted by molar-refractivity contribution is 0.695. The van der Waals surface area contributed by atoms with Gasteiger partial charge in [-0.05, 0) is 46.5 Å². The number of hydrogen-bond acceptors (Lipinski definition) is 0. The normalized spacial score (nSPS) is 12.9. The first-order valence-electron chi connectivity index (χ1n) is 8.17. The lowest BCUT2D eigenvalue weighted by Gasteiger charge is -2.21. The molecule has 1 aromatic heterocycles. The summed E-state index contributed by atoms with van der Waals surface area (Å²) in [5.41, 5.74) is 6.80. The fourth-order valence-corrected chi connectivity index (χ4v) is 3.76. The van der Waals surface area contributed by atoms with Crippen LogP contribution in [0.4, 0.5) is 0 Å². The summed E-state index contributed by atoms with van der Waals surface area (Å²) < 4.78 is 2.46. The second-order valence-corrected chi connectivity index (χ2v) is 6.22. The van der Waals surface area contributed by atoms with E-state index in [2.05, 4.69) is 83.4 Å². The van der Waals surface area contributed by atoms with Crippen LogP contribution in [0, 0.1) is 0 Å². The molecule has 0 amide bonds. The smallest absolute Gasteiger partial charge is 0.0488 e. The molecule has 4 aromatic rings. The number of hydrogen-bond donors (Lipinski definition) is 0. The van der Waals surface area contributed by atoms with Crippen LogP contribution in [0.15, 0.2) is 78.9 Å². The van der Waals surface area contributed by atoms with Crippen LogP contribution in [0.25, 0.3) is 33.3 Å². The Hall–Kier alpha value is -2.80. The first-order chi connectivity index (χ1) is 11.4. The Labute approximate surface area is 135 Å². The molecule has 3 aromatic carbocycles. The van der Waals surface area contributed by atoms with Crippen molar-refractivity contribution in [2.45, 2.75) is 13.0 Å². The summed E-state index contributed by atoms with van der Waals surface area (Å²) in [6, 6.07) is 28.6. The highest BCUT2D eigenvalue weighted by Gasteiger charge is 2.18. The van der Waals surface area contributed by atoms with Crippen molar-refractivity contribution in [3.63, 3.8) is 0 Å². The van der Waals surface area contributed by atoms with E-state index in [1.54, 1.807) is 0 Å². The van der Waals surface area contributed by atoms with Crippen LogP contribution in [0.2, 0.25) is 0 Å². The first kappa shape index (κ1) is 12.7. The predicted octanol–water partition coefficient (Wildman–Crippen LogP) is 5.53. The van der Waals surface area contributed by atoms with Crippen LogP contribution in [0.1, 0.15) is 5.56 Å². The average molecular weight is 295 g/mol. The molecule has 1 nitrogen and oxygen atoms in total. The van der Waals surface area contributed by atoms with Crippen LogP contribution in [0.5, 0.6) is 0 Å². The lowest BCUT2D eigenvalue weighted by Crippen LogP contribution is -2.11. The van der Waals surface area contributed by atoms with Crippen molar-refractivity contribution in [1.82, 2.24) is 4.57 Å². The molecular weight excluding hydrogens is 278 g/mol. The van der Waals surface area contributed by atoms with Crippen molar-refractivity contribution in [3.8, 4) is 22.5 Å².